The molecule has 0 radical (unpaired) electrons. The molecule has 0 heterocycles. The van der Waals surface area contributed by atoms with Gasteiger partial charge in [-0.1, -0.05) is 96.1 Å². The third kappa shape index (κ3) is 4.23. The molecule has 0 aliphatic heterocycles. The second-order valence-corrected chi connectivity index (χ2v) is 9.85. The summed E-state index contributed by atoms with van der Waals surface area (Å²) < 4.78 is 11.8. The van der Waals surface area contributed by atoms with Gasteiger partial charge in [0.25, 0.3) is 0 Å². The standard InChI is InChI=1S/C28H34O2/c1-27(2,3)23-16-10-14-21(25(23)29-7)19-12-9-13-20(18-19)22-15-11-17-24(26(22)30-8)28(4,5)6/h9-18H,1-8H3. The third-order valence-electron chi connectivity index (χ3n) is 5.54. The molecule has 0 amide bonds. The van der Waals surface area contributed by atoms with Gasteiger partial charge < -0.3 is 9.47 Å². The lowest BCUT2D eigenvalue weighted by Crippen LogP contribution is -2.13. The summed E-state index contributed by atoms with van der Waals surface area (Å²) in [7, 11) is 3.52. The van der Waals surface area contributed by atoms with Gasteiger partial charge in [-0.25, -0.2) is 0 Å². The van der Waals surface area contributed by atoms with E-state index in [0.717, 1.165) is 33.8 Å². The summed E-state index contributed by atoms with van der Waals surface area (Å²) in [6.45, 7) is 13.3. The molecular formula is C28H34O2. The van der Waals surface area contributed by atoms with E-state index in [1.807, 2.05) is 0 Å². The Kier molecular flexibility index (Phi) is 5.99. The summed E-state index contributed by atoms with van der Waals surface area (Å²) >= 11 is 0. The minimum atomic E-state index is 0.00320. The highest BCUT2D eigenvalue weighted by Crippen LogP contribution is 2.42. The summed E-state index contributed by atoms with van der Waals surface area (Å²) in [5, 5.41) is 0. The lowest BCUT2D eigenvalue weighted by Gasteiger charge is -2.25. The minimum Gasteiger partial charge on any atom is -0.496 e. The number of para-hydroxylation sites is 2. The van der Waals surface area contributed by atoms with Crippen LogP contribution in [-0.4, -0.2) is 14.2 Å². The van der Waals surface area contributed by atoms with Crippen molar-refractivity contribution in [2.24, 2.45) is 0 Å². The molecule has 0 bridgehead atoms. The fourth-order valence-electron chi connectivity index (χ4n) is 4.00. The topological polar surface area (TPSA) is 18.5 Å². The average molecular weight is 403 g/mol. The van der Waals surface area contributed by atoms with Crippen molar-refractivity contribution in [2.45, 2.75) is 52.4 Å². The van der Waals surface area contributed by atoms with Crippen molar-refractivity contribution in [1.29, 1.82) is 0 Å². The summed E-state index contributed by atoms with van der Waals surface area (Å²) in [6, 6.07) is 21.4. The van der Waals surface area contributed by atoms with Crippen LogP contribution < -0.4 is 9.47 Å². The Morgan fingerprint density at radius 1 is 0.533 bits per heavy atom. The van der Waals surface area contributed by atoms with Crippen molar-refractivity contribution in [1.82, 2.24) is 0 Å². The van der Waals surface area contributed by atoms with E-state index in [4.69, 9.17) is 9.47 Å². The number of rotatable bonds is 4. The molecule has 2 nitrogen and oxygen atoms in total. The number of ether oxygens (including phenoxy) is 2. The van der Waals surface area contributed by atoms with Crippen molar-refractivity contribution >= 4 is 0 Å². The molecule has 158 valence electrons. The number of benzene rings is 3. The predicted molar refractivity (Wildman–Crippen MR) is 128 cm³/mol. The van der Waals surface area contributed by atoms with Gasteiger partial charge in [0.05, 0.1) is 14.2 Å². The molecule has 0 unspecified atom stereocenters. The zero-order valence-electron chi connectivity index (χ0n) is 19.6. The third-order valence-corrected chi connectivity index (χ3v) is 5.54. The van der Waals surface area contributed by atoms with Gasteiger partial charge in [0.15, 0.2) is 0 Å². The monoisotopic (exact) mass is 402 g/mol. The van der Waals surface area contributed by atoms with Crippen molar-refractivity contribution in [3.8, 4) is 33.8 Å². The first-order valence-electron chi connectivity index (χ1n) is 10.5. The Hall–Kier alpha value is -2.74. The van der Waals surface area contributed by atoms with E-state index in [1.54, 1.807) is 14.2 Å². The Morgan fingerprint density at radius 2 is 0.900 bits per heavy atom. The van der Waals surface area contributed by atoms with Crippen LogP contribution >= 0.6 is 0 Å². The molecular weight excluding hydrogens is 368 g/mol. The van der Waals surface area contributed by atoms with Crippen LogP contribution in [0.1, 0.15) is 52.7 Å². The first-order valence-corrected chi connectivity index (χ1v) is 10.5. The molecule has 0 spiro atoms. The fraction of sp³-hybridized carbons (Fsp3) is 0.357. The second kappa shape index (κ2) is 8.18. The highest BCUT2D eigenvalue weighted by molar-refractivity contribution is 5.80. The Morgan fingerprint density at radius 3 is 1.23 bits per heavy atom. The van der Waals surface area contributed by atoms with Gasteiger partial charge in [-0.15, -0.1) is 0 Å². The molecule has 0 fully saturated rings. The molecule has 0 saturated carbocycles. The highest BCUT2D eigenvalue weighted by Gasteiger charge is 2.23. The largest absolute Gasteiger partial charge is 0.496 e. The van der Waals surface area contributed by atoms with Crippen LogP contribution in [0.2, 0.25) is 0 Å². The molecule has 3 aromatic rings. The van der Waals surface area contributed by atoms with Crippen LogP contribution in [0, 0.1) is 0 Å². The molecule has 0 aliphatic rings. The van der Waals surface area contributed by atoms with Gasteiger partial charge in [0.1, 0.15) is 11.5 Å². The Labute approximate surface area is 181 Å². The van der Waals surface area contributed by atoms with Crippen molar-refractivity contribution in [2.75, 3.05) is 14.2 Å². The smallest absolute Gasteiger partial charge is 0.130 e. The van der Waals surface area contributed by atoms with E-state index in [9.17, 15) is 0 Å². The SMILES string of the molecule is COc1c(-c2cccc(-c3cccc(C(C)(C)C)c3OC)c2)cccc1C(C)(C)C. The number of methoxy groups -OCH3 is 2. The molecule has 0 aromatic heterocycles. The molecule has 0 aliphatic carbocycles. The number of hydrogen-bond donors (Lipinski definition) is 0. The van der Waals surface area contributed by atoms with Crippen LogP contribution in [-0.2, 0) is 10.8 Å². The maximum absolute atomic E-state index is 5.89. The van der Waals surface area contributed by atoms with Gasteiger partial charge >= 0.3 is 0 Å². The van der Waals surface area contributed by atoms with Crippen molar-refractivity contribution in [3.63, 3.8) is 0 Å². The summed E-state index contributed by atoms with van der Waals surface area (Å²) in [6.07, 6.45) is 0. The summed E-state index contributed by atoms with van der Waals surface area (Å²) in [5.74, 6) is 1.88. The van der Waals surface area contributed by atoms with Crippen molar-refractivity contribution in [3.05, 3.63) is 71.8 Å². The van der Waals surface area contributed by atoms with E-state index < -0.39 is 0 Å². The molecule has 0 atom stereocenters. The van der Waals surface area contributed by atoms with Gasteiger partial charge in [-0.3, -0.25) is 0 Å². The van der Waals surface area contributed by atoms with Crippen LogP contribution in [0.3, 0.4) is 0 Å². The van der Waals surface area contributed by atoms with E-state index in [2.05, 4.69) is 102 Å². The zero-order valence-corrected chi connectivity index (χ0v) is 19.6. The Balaban J connectivity index is 2.19. The summed E-state index contributed by atoms with van der Waals surface area (Å²) in [5.41, 5.74) is 6.92. The molecule has 3 aromatic carbocycles. The summed E-state index contributed by atoms with van der Waals surface area (Å²) in [4.78, 5) is 0. The first-order chi connectivity index (χ1) is 14.1. The molecule has 30 heavy (non-hydrogen) atoms. The Bertz CT molecular complexity index is 952. The maximum atomic E-state index is 5.89. The molecule has 0 N–H and O–H groups in total. The first kappa shape index (κ1) is 22.0. The quantitative estimate of drug-likeness (QED) is 0.446. The number of hydrogen-bond acceptors (Lipinski definition) is 2. The van der Waals surface area contributed by atoms with Gasteiger partial charge in [-0.05, 0) is 28.0 Å². The second-order valence-electron chi connectivity index (χ2n) is 9.85. The normalized spacial score (nSPS) is 12.0. The van der Waals surface area contributed by atoms with E-state index in [-0.39, 0.29) is 10.8 Å². The van der Waals surface area contributed by atoms with Crippen molar-refractivity contribution < 1.29 is 9.47 Å². The zero-order chi connectivity index (χ0) is 22.1. The molecule has 3 rings (SSSR count). The minimum absolute atomic E-state index is 0.00320. The molecule has 0 saturated heterocycles. The maximum Gasteiger partial charge on any atom is 0.130 e. The van der Waals surface area contributed by atoms with Crippen LogP contribution in [0.5, 0.6) is 11.5 Å². The van der Waals surface area contributed by atoms with Crippen LogP contribution in [0.25, 0.3) is 22.3 Å². The predicted octanol–water partition coefficient (Wildman–Crippen LogP) is 7.63. The van der Waals surface area contributed by atoms with Gasteiger partial charge in [0.2, 0.25) is 0 Å². The van der Waals surface area contributed by atoms with Crippen LogP contribution in [0.15, 0.2) is 60.7 Å². The van der Waals surface area contributed by atoms with Gasteiger partial charge in [-0.2, -0.15) is 0 Å². The van der Waals surface area contributed by atoms with Crippen LogP contribution in [0.4, 0.5) is 0 Å². The van der Waals surface area contributed by atoms with E-state index in [0.29, 0.717) is 0 Å². The lowest BCUT2D eigenvalue weighted by molar-refractivity contribution is 0.399. The molecule has 2 heteroatoms. The van der Waals surface area contributed by atoms with Gasteiger partial charge in [0, 0.05) is 22.3 Å². The average Bonchev–Trinajstić information content (AvgIpc) is 2.71. The fourth-order valence-corrected chi connectivity index (χ4v) is 4.00. The highest BCUT2D eigenvalue weighted by atomic mass is 16.5. The van der Waals surface area contributed by atoms with E-state index in [1.165, 1.54) is 11.1 Å². The lowest BCUT2D eigenvalue weighted by atomic mass is 9.83. The van der Waals surface area contributed by atoms with E-state index >= 15 is 0 Å².